The molecule has 0 amide bonds. The molecule has 1 saturated heterocycles. The van der Waals surface area contributed by atoms with Crippen molar-refractivity contribution < 1.29 is 4.74 Å². The molecule has 0 spiro atoms. The second-order valence-corrected chi connectivity index (χ2v) is 6.34. The van der Waals surface area contributed by atoms with Crippen LogP contribution in [0, 0.1) is 17.3 Å². The fourth-order valence-electron chi connectivity index (χ4n) is 2.30. The maximum absolute atomic E-state index is 5.62. The lowest BCUT2D eigenvalue weighted by Gasteiger charge is -2.25. The van der Waals surface area contributed by atoms with E-state index in [4.69, 9.17) is 4.74 Å². The van der Waals surface area contributed by atoms with E-state index in [9.17, 15) is 0 Å². The van der Waals surface area contributed by atoms with E-state index < -0.39 is 0 Å². The van der Waals surface area contributed by atoms with E-state index >= 15 is 0 Å². The average molecular weight is 210 g/mol. The van der Waals surface area contributed by atoms with Crippen molar-refractivity contribution >= 4 is 0 Å². The lowest BCUT2D eigenvalue weighted by molar-refractivity contribution is 0.172. The van der Waals surface area contributed by atoms with Crippen LogP contribution in [0.2, 0.25) is 0 Å². The molecule has 1 aliphatic rings. The fraction of sp³-hybridized carbons (Fsp3) is 0.857. The second-order valence-electron chi connectivity index (χ2n) is 6.34. The van der Waals surface area contributed by atoms with Gasteiger partial charge in [-0.1, -0.05) is 32.4 Å². The smallest absolute Gasteiger partial charge is 0.0500 e. The van der Waals surface area contributed by atoms with Crippen molar-refractivity contribution in [2.45, 2.75) is 47.5 Å². The van der Waals surface area contributed by atoms with Crippen LogP contribution in [0.5, 0.6) is 0 Å². The van der Waals surface area contributed by atoms with Crippen molar-refractivity contribution in [3.05, 3.63) is 11.6 Å². The van der Waals surface area contributed by atoms with E-state index in [1.165, 1.54) is 18.4 Å². The lowest BCUT2D eigenvalue weighted by atomic mass is 9.79. The van der Waals surface area contributed by atoms with Gasteiger partial charge in [0.2, 0.25) is 0 Å². The van der Waals surface area contributed by atoms with Gasteiger partial charge in [-0.15, -0.1) is 0 Å². The fourth-order valence-corrected chi connectivity index (χ4v) is 2.30. The van der Waals surface area contributed by atoms with Gasteiger partial charge in [0.15, 0.2) is 0 Å². The highest BCUT2D eigenvalue weighted by Gasteiger charge is 2.30. The van der Waals surface area contributed by atoms with Crippen molar-refractivity contribution in [2.24, 2.45) is 17.3 Å². The number of rotatable bonds is 3. The third-order valence-corrected chi connectivity index (χ3v) is 3.03. The Kier molecular flexibility index (Phi) is 4.39. The molecule has 1 aliphatic heterocycles. The zero-order valence-electron chi connectivity index (χ0n) is 11.0. The summed E-state index contributed by atoms with van der Waals surface area (Å²) in [5.41, 5.74) is 1.86. The van der Waals surface area contributed by atoms with Crippen LogP contribution < -0.4 is 0 Å². The predicted octanol–water partition coefficient (Wildman–Crippen LogP) is 4.04. The van der Waals surface area contributed by atoms with Crippen molar-refractivity contribution in [1.82, 2.24) is 0 Å². The minimum absolute atomic E-state index is 0.432. The van der Waals surface area contributed by atoms with Gasteiger partial charge in [-0.2, -0.15) is 0 Å². The number of allylic oxidation sites excluding steroid dienone is 2. The Labute approximate surface area is 94.9 Å². The van der Waals surface area contributed by atoms with E-state index in [0.29, 0.717) is 5.41 Å². The van der Waals surface area contributed by atoms with Crippen LogP contribution in [0.1, 0.15) is 47.5 Å². The van der Waals surface area contributed by atoms with E-state index in [1.54, 1.807) is 0 Å². The van der Waals surface area contributed by atoms with Gasteiger partial charge in [0.1, 0.15) is 0 Å². The molecule has 88 valence electrons. The SMILES string of the molecule is CC(C)=CCC1COCC1CC(C)(C)C. The lowest BCUT2D eigenvalue weighted by Crippen LogP contribution is -2.19. The van der Waals surface area contributed by atoms with Gasteiger partial charge in [-0.05, 0) is 43.9 Å². The molecule has 2 atom stereocenters. The molecule has 0 aliphatic carbocycles. The highest BCUT2D eigenvalue weighted by atomic mass is 16.5. The molecule has 0 radical (unpaired) electrons. The van der Waals surface area contributed by atoms with Crippen LogP contribution in [-0.4, -0.2) is 13.2 Å². The molecular weight excluding hydrogens is 184 g/mol. The molecule has 0 aromatic carbocycles. The Morgan fingerprint density at radius 1 is 1.20 bits per heavy atom. The largest absolute Gasteiger partial charge is 0.381 e. The first kappa shape index (κ1) is 12.8. The first-order valence-electron chi connectivity index (χ1n) is 6.09. The van der Waals surface area contributed by atoms with Crippen LogP contribution in [0.15, 0.2) is 11.6 Å². The van der Waals surface area contributed by atoms with E-state index in [0.717, 1.165) is 25.0 Å². The summed E-state index contributed by atoms with van der Waals surface area (Å²) in [7, 11) is 0. The Bertz CT molecular complexity index is 218. The van der Waals surface area contributed by atoms with Gasteiger partial charge in [0.25, 0.3) is 0 Å². The maximum Gasteiger partial charge on any atom is 0.0500 e. The summed E-state index contributed by atoms with van der Waals surface area (Å²) >= 11 is 0. The van der Waals surface area contributed by atoms with E-state index in [1.807, 2.05) is 0 Å². The Morgan fingerprint density at radius 2 is 1.80 bits per heavy atom. The van der Waals surface area contributed by atoms with Crippen molar-refractivity contribution in [3.63, 3.8) is 0 Å². The number of hydrogen-bond donors (Lipinski definition) is 0. The van der Waals surface area contributed by atoms with Gasteiger partial charge in [-0.25, -0.2) is 0 Å². The first-order valence-corrected chi connectivity index (χ1v) is 6.09. The monoisotopic (exact) mass is 210 g/mol. The summed E-state index contributed by atoms with van der Waals surface area (Å²) in [6.45, 7) is 13.3. The van der Waals surface area contributed by atoms with Crippen LogP contribution >= 0.6 is 0 Å². The van der Waals surface area contributed by atoms with E-state index in [2.05, 4.69) is 40.7 Å². The third-order valence-electron chi connectivity index (χ3n) is 3.03. The van der Waals surface area contributed by atoms with Crippen molar-refractivity contribution in [1.29, 1.82) is 0 Å². The van der Waals surface area contributed by atoms with Crippen LogP contribution in [0.25, 0.3) is 0 Å². The molecule has 1 heteroatoms. The predicted molar refractivity (Wildman–Crippen MR) is 65.9 cm³/mol. The summed E-state index contributed by atoms with van der Waals surface area (Å²) in [6.07, 6.45) is 4.84. The first-order chi connectivity index (χ1) is 6.88. The molecule has 1 fully saturated rings. The summed E-state index contributed by atoms with van der Waals surface area (Å²) in [6, 6.07) is 0. The van der Waals surface area contributed by atoms with Crippen molar-refractivity contribution in [2.75, 3.05) is 13.2 Å². The highest BCUT2D eigenvalue weighted by Crippen LogP contribution is 2.34. The van der Waals surface area contributed by atoms with Gasteiger partial charge in [0.05, 0.1) is 6.61 Å². The van der Waals surface area contributed by atoms with Gasteiger partial charge in [-0.3, -0.25) is 0 Å². The normalized spacial score (nSPS) is 26.7. The Hall–Kier alpha value is -0.300. The minimum Gasteiger partial charge on any atom is -0.381 e. The molecule has 15 heavy (non-hydrogen) atoms. The van der Waals surface area contributed by atoms with Crippen LogP contribution in [0.4, 0.5) is 0 Å². The number of hydrogen-bond acceptors (Lipinski definition) is 1. The molecule has 1 heterocycles. The Balaban J connectivity index is 2.46. The Morgan fingerprint density at radius 3 is 2.33 bits per heavy atom. The standard InChI is InChI=1S/C14H26O/c1-11(2)6-7-12-9-15-10-13(12)8-14(3,4)5/h6,12-13H,7-10H2,1-5H3. The molecule has 0 saturated carbocycles. The molecule has 0 aromatic heterocycles. The quantitative estimate of drug-likeness (QED) is 0.639. The van der Waals surface area contributed by atoms with Crippen molar-refractivity contribution in [3.8, 4) is 0 Å². The topological polar surface area (TPSA) is 9.23 Å². The molecule has 0 bridgehead atoms. The van der Waals surface area contributed by atoms with Crippen LogP contribution in [-0.2, 0) is 4.74 Å². The molecule has 1 rings (SSSR count). The van der Waals surface area contributed by atoms with E-state index in [-0.39, 0.29) is 0 Å². The molecule has 2 unspecified atom stereocenters. The van der Waals surface area contributed by atoms with Gasteiger partial charge in [0, 0.05) is 6.61 Å². The zero-order chi connectivity index (χ0) is 11.5. The highest BCUT2D eigenvalue weighted by molar-refractivity contribution is 4.96. The number of ether oxygens (including phenoxy) is 1. The summed E-state index contributed by atoms with van der Waals surface area (Å²) in [5, 5.41) is 0. The molecule has 1 nitrogen and oxygen atoms in total. The third kappa shape index (κ3) is 4.83. The summed E-state index contributed by atoms with van der Waals surface area (Å²) < 4.78 is 5.62. The average Bonchev–Trinajstić information content (AvgIpc) is 2.45. The second kappa shape index (κ2) is 5.16. The molecule has 0 aromatic rings. The zero-order valence-corrected chi connectivity index (χ0v) is 11.0. The molecular formula is C14H26O. The van der Waals surface area contributed by atoms with Crippen LogP contribution in [0.3, 0.4) is 0 Å². The minimum atomic E-state index is 0.432. The molecule has 0 N–H and O–H groups in total. The maximum atomic E-state index is 5.62. The summed E-state index contributed by atoms with van der Waals surface area (Å²) in [4.78, 5) is 0. The van der Waals surface area contributed by atoms with Gasteiger partial charge < -0.3 is 4.74 Å². The summed E-state index contributed by atoms with van der Waals surface area (Å²) in [5.74, 6) is 1.51. The van der Waals surface area contributed by atoms with Gasteiger partial charge >= 0.3 is 0 Å².